The number of ether oxygens (including phenoxy) is 1. The molecule has 0 atom stereocenters. The van der Waals surface area contributed by atoms with Crippen LogP contribution in [0.15, 0.2) is 42.5 Å². The lowest BCUT2D eigenvalue weighted by Crippen LogP contribution is -2.01. The van der Waals surface area contributed by atoms with Gasteiger partial charge in [-0.15, -0.1) is 0 Å². The van der Waals surface area contributed by atoms with Crippen LogP contribution < -0.4 is 10.1 Å². The van der Waals surface area contributed by atoms with Gasteiger partial charge in [-0.25, -0.2) is 0 Å². The van der Waals surface area contributed by atoms with Crippen LogP contribution in [-0.4, -0.2) is 11.7 Å². The van der Waals surface area contributed by atoms with Gasteiger partial charge in [0.25, 0.3) is 0 Å². The normalized spacial score (nSPS) is 9.80. The molecule has 0 bridgehead atoms. The summed E-state index contributed by atoms with van der Waals surface area (Å²) in [4.78, 5) is 0. The zero-order valence-electron chi connectivity index (χ0n) is 11.3. The van der Waals surface area contributed by atoms with Crippen LogP contribution in [0.25, 0.3) is 0 Å². The summed E-state index contributed by atoms with van der Waals surface area (Å²) in [6.07, 6.45) is 0. The standard InChI is InChI=1S/C16H16N2O2/c1-12-10-14(19)4-7-16(12)18-11-13-2-5-15(6-3-13)20-9-8-17/h2-7,10,18-19H,9,11H2,1H3. The minimum Gasteiger partial charge on any atom is -0.508 e. The first-order valence-electron chi connectivity index (χ1n) is 6.31. The topological polar surface area (TPSA) is 65.3 Å². The van der Waals surface area contributed by atoms with Gasteiger partial charge < -0.3 is 15.2 Å². The average molecular weight is 268 g/mol. The third-order valence-electron chi connectivity index (χ3n) is 2.92. The summed E-state index contributed by atoms with van der Waals surface area (Å²) < 4.78 is 5.20. The highest BCUT2D eigenvalue weighted by Gasteiger charge is 2.00. The molecule has 0 saturated carbocycles. The molecule has 0 heterocycles. The Bertz CT molecular complexity index is 615. The Hall–Kier alpha value is -2.67. The fraction of sp³-hybridized carbons (Fsp3) is 0.188. The van der Waals surface area contributed by atoms with E-state index in [1.165, 1.54) is 0 Å². The third-order valence-corrected chi connectivity index (χ3v) is 2.92. The van der Waals surface area contributed by atoms with E-state index in [1.54, 1.807) is 12.1 Å². The van der Waals surface area contributed by atoms with E-state index in [0.717, 1.165) is 16.8 Å². The molecule has 4 heteroatoms. The fourth-order valence-corrected chi connectivity index (χ4v) is 1.86. The largest absolute Gasteiger partial charge is 0.508 e. The molecule has 2 aromatic carbocycles. The van der Waals surface area contributed by atoms with E-state index in [4.69, 9.17) is 10.00 Å². The van der Waals surface area contributed by atoms with E-state index >= 15 is 0 Å². The van der Waals surface area contributed by atoms with Gasteiger partial charge in [-0.3, -0.25) is 0 Å². The van der Waals surface area contributed by atoms with Crippen molar-refractivity contribution < 1.29 is 9.84 Å². The van der Waals surface area contributed by atoms with Crippen LogP contribution >= 0.6 is 0 Å². The quantitative estimate of drug-likeness (QED) is 0.817. The third kappa shape index (κ3) is 3.66. The first-order chi connectivity index (χ1) is 9.69. The maximum Gasteiger partial charge on any atom is 0.174 e. The number of rotatable bonds is 5. The van der Waals surface area contributed by atoms with E-state index in [0.29, 0.717) is 12.3 Å². The number of benzene rings is 2. The van der Waals surface area contributed by atoms with Crippen LogP contribution in [0, 0.1) is 18.3 Å². The molecule has 20 heavy (non-hydrogen) atoms. The monoisotopic (exact) mass is 268 g/mol. The maximum absolute atomic E-state index is 9.36. The molecule has 2 N–H and O–H groups in total. The molecule has 2 aromatic rings. The molecule has 0 amide bonds. The molecule has 102 valence electrons. The van der Waals surface area contributed by atoms with Crippen LogP contribution in [0.2, 0.25) is 0 Å². The molecule has 0 saturated heterocycles. The maximum atomic E-state index is 9.36. The van der Waals surface area contributed by atoms with Gasteiger partial charge in [0.15, 0.2) is 6.61 Å². The smallest absolute Gasteiger partial charge is 0.174 e. The highest BCUT2D eigenvalue weighted by Crippen LogP contribution is 2.21. The van der Waals surface area contributed by atoms with Gasteiger partial charge in [0.1, 0.15) is 17.6 Å². The molecule has 0 aromatic heterocycles. The lowest BCUT2D eigenvalue weighted by molar-refractivity contribution is 0.368. The number of nitriles is 1. The van der Waals surface area contributed by atoms with Crippen LogP contribution in [0.1, 0.15) is 11.1 Å². The molecule has 2 rings (SSSR count). The van der Waals surface area contributed by atoms with E-state index < -0.39 is 0 Å². The van der Waals surface area contributed by atoms with Crippen LogP contribution in [0.4, 0.5) is 5.69 Å². The summed E-state index contributed by atoms with van der Waals surface area (Å²) in [5, 5.41) is 21.1. The van der Waals surface area contributed by atoms with Crippen LogP contribution in [0.5, 0.6) is 11.5 Å². The first-order valence-corrected chi connectivity index (χ1v) is 6.31. The Morgan fingerprint density at radius 2 is 1.95 bits per heavy atom. The number of phenols is 1. The molecule has 0 radical (unpaired) electrons. The minimum absolute atomic E-state index is 0.0598. The van der Waals surface area contributed by atoms with E-state index in [-0.39, 0.29) is 12.4 Å². The lowest BCUT2D eigenvalue weighted by atomic mass is 10.1. The molecule has 0 aliphatic heterocycles. The Morgan fingerprint density at radius 1 is 1.20 bits per heavy atom. The first kappa shape index (κ1) is 13.8. The Balaban J connectivity index is 1.95. The minimum atomic E-state index is 0.0598. The van der Waals surface area contributed by atoms with Crippen molar-refractivity contribution in [1.82, 2.24) is 0 Å². The number of hydrogen-bond acceptors (Lipinski definition) is 4. The Labute approximate surface area is 118 Å². The Morgan fingerprint density at radius 3 is 2.60 bits per heavy atom. The van der Waals surface area contributed by atoms with Gasteiger partial charge in [0, 0.05) is 12.2 Å². The summed E-state index contributed by atoms with van der Waals surface area (Å²) in [6.45, 7) is 2.69. The molecule has 0 fully saturated rings. The predicted molar refractivity (Wildman–Crippen MR) is 77.7 cm³/mol. The van der Waals surface area contributed by atoms with Gasteiger partial charge in [-0.2, -0.15) is 5.26 Å². The highest BCUT2D eigenvalue weighted by atomic mass is 16.5. The molecule has 0 spiro atoms. The van der Waals surface area contributed by atoms with Crippen LogP contribution in [0.3, 0.4) is 0 Å². The van der Waals surface area contributed by atoms with Crippen molar-refractivity contribution in [1.29, 1.82) is 5.26 Å². The Kier molecular flexibility index (Phi) is 4.46. The number of aryl methyl sites for hydroxylation is 1. The molecule has 0 unspecified atom stereocenters. The number of nitrogens with one attached hydrogen (secondary N) is 1. The lowest BCUT2D eigenvalue weighted by Gasteiger charge is -2.10. The summed E-state index contributed by atoms with van der Waals surface area (Å²) in [7, 11) is 0. The number of phenolic OH excluding ortho intramolecular Hbond substituents is 1. The molecule has 0 aliphatic carbocycles. The van der Waals surface area contributed by atoms with E-state index in [9.17, 15) is 5.11 Å². The van der Waals surface area contributed by atoms with Crippen molar-refractivity contribution in [3.8, 4) is 17.6 Å². The highest BCUT2D eigenvalue weighted by molar-refractivity contribution is 5.53. The van der Waals surface area contributed by atoms with E-state index in [2.05, 4.69) is 5.32 Å². The SMILES string of the molecule is Cc1cc(O)ccc1NCc1ccc(OCC#N)cc1. The predicted octanol–water partition coefficient (Wildman–Crippen LogP) is 3.22. The van der Waals surface area contributed by atoms with Crippen molar-refractivity contribution in [2.45, 2.75) is 13.5 Å². The van der Waals surface area contributed by atoms with Crippen molar-refractivity contribution in [3.05, 3.63) is 53.6 Å². The second-order valence-corrected chi connectivity index (χ2v) is 4.44. The zero-order valence-corrected chi connectivity index (χ0v) is 11.3. The van der Waals surface area contributed by atoms with Gasteiger partial charge in [0.2, 0.25) is 0 Å². The van der Waals surface area contributed by atoms with Gasteiger partial charge >= 0.3 is 0 Å². The summed E-state index contributed by atoms with van der Waals surface area (Å²) in [5.41, 5.74) is 3.10. The van der Waals surface area contributed by atoms with E-state index in [1.807, 2.05) is 43.3 Å². The molecular formula is C16H16N2O2. The second kappa shape index (κ2) is 6.48. The van der Waals surface area contributed by atoms with Crippen molar-refractivity contribution >= 4 is 5.69 Å². The zero-order chi connectivity index (χ0) is 14.4. The summed E-state index contributed by atoms with van der Waals surface area (Å²) in [5.74, 6) is 0.961. The molecule has 0 aliphatic rings. The average Bonchev–Trinajstić information content (AvgIpc) is 2.45. The number of nitrogens with zero attached hydrogens (tertiary/aromatic N) is 1. The number of anilines is 1. The summed E-state index contributed by atoms with van der Waals surface area (Å²) >= 11 is 0. The molecular weight excluding hydrogens is 252 g/mol. The fourth-order valence-electron chi connectivity index (χ4n) is 1.86. The van der Waals surface area contributed by atoms with Gasteiger partial charge in [-0.05, 0) is 48.4 Å². The van der Waals surface area contributed by atoms with Gasteiger partial charge in [0.05, 0.1) is 0 Å². The van der Waals surface area contributed by atoms with Crippen LogP contribution in [-0.2, 0) is 6.54 Å². The van der Waals surface area contributed by atoms with Crippen molar-refractivity contribution in [2.75, 3.05) is 11.9 Å². The second-order valence-electron chi connectivity index (χ2n) is 4.44. The number of aromatic hydroxyl groups is 1. The summed E-state index contributed by atoms with van der Waals surface area (Å²) in [6, 6.07) is 14.8. The van der Waals surface area contributed by atoms with Gasteiger partial charge in [-0.1, -0.05) is 12.1 Å². The number of hydrogen-bond donors (Lipinski definition) is 2. The molecule has 4 nitrogen and oxygen atoms in total. The van der Waals surface area contributed by atoms with Crippen molar-refractivity contribution in [2.24, 2.45) is 0 Å². The van der Waals surface area contributed by atoms with Crippen molar-refractivity contribution in [3.63, 3.8) is 0 Å².